The van der Waals surface area contributed by atoms with Crippen LogP contribution >= 0.6 is 11.6 Å². The van der Waals surface area contributed by atoms with Gasteiger partial charge in [0.15, 0.2) is 0 Å². The number of allylic oxidation sites excluding steroid dienone is 1. The van der Waals surface area contributed by atoms with Crippen LogP contribution in [0.1, 0.15) is 41.6 Å². The number of benzene rings is 2. The number of aromatic nitrogens is 1. The molecule has 1 aromatic heterocycles. The molecule has 2 aromatic carbocycles. The van der Waals surface area contributed by atoms with E-state index in [-0.39, 0.29) is 15.8 Å². The second-order valence-corrected chi connectivity index (χ2v) is 11.3. The average molecular weight is 528 g/mol. The van der Waals surface area contributed by atoms with Crippen LogP contribution < -0.4 is 10.7 Å². The van der Waals surface area contributed by atoms with E-state index in [4.69, 9.17) is 11.6 Å². The first-order valence-corrected chi connectivity index (χ1v) is 13.9. The van der Waals surface area contributed by atoms with E-state index < -0.39 is 21.4 Å². The minimum absolute atomic E-state index is 0.0372. The topological polar surface area (TPSA) is 88.5 Å². The highest BCUT2D eigenvalue weighted by molar-refractivity contribution is 7.89. The van der Waals surface area contributed by atoms with Crippen LogP contribution in [0, 0.1) is 0 Å². The number of hydrogen-bond acceptors (Lipinski definition) is 4. The minimum atomic E-state index is -3.74. The number of amides is 1. The summed E-state index contributed by atoms with van der Waals surface area (Å²) in [6, 6.07) is 11.9. The summed E-state index contributed by atoms with van der Waals surface area (Å²) >= 11 is 5.92. The SMILES string of the molecule is C=CCn1cc(C(=O)NCCc2ccc(Cl)cc2)c(=O)c2cc(S(=O)(=O)N3CCCCCC3)ccc21. The standard InChI is InChI=1S/C27H30ClN3O4S/c1-2-15-30-19-24(27(33)29-14-13-20-7-9-21(28)10-8-20)26(32)23-18-22(11-12-25(23)30)36(34,35)31-16-5-3-4-6-17-31/h2,7-12,18-19H,1,3-6,13-17H2,(H,29,33). The zero-order valence-corrected chi connectivity index (χ0v) is 21.7. The van der Waals surface area contributed by atoms with Gasteiger partial charge in [0.2, 0.25) is 15.5 Å². The molecule has 1 aliphatic rings. The quantitative estimate of drug-likeness (QED) is 0.440. The molecule has 1 N–H and O–H groups in total. The van der Waals surface area contributed by atoms with Crippen molar-refractivity contribution in [1.29, 1.82) is 0 Å². The summed E-state index contributed by atoms with van der Waals surface area (Å²) in [5.41, 5.74) is 1.02. The number of pyridine rings is 1. The van der Waals surface area contributed by atoms with Gasteiger partial charge in [-0.25, -0.2) is 8.42 Å². The average Bonchev–Trinajstić information content (AvgIpc) is 3.17. The highest BCUT2D eigenvalue weighted by Crippen LogP contribution is 2.23. The molecule has 36 heavy (non-hydrogen) atoms. The van der Waals surface area contributed by atoms with Gasteiger partial charge in [-0.3, -0.25) is 9.59 Å². The summed E-state index contributed by atoms with van der Waals surface area (Å²) in [7, 11) is -3.74. The van der Waals surface area contributed by atoms with E-state index in [1.807, 2.05) is 12.1 Å². The van der Waals surface area contributed by atoms with Crippen molar-refractivity contribution in [3.8, 4) is 0 Å². The first-order chi connectivity index (χ1) is 17.3. The molecule has 0 unspecified atom stereocenters. The normalized spacial score (nSPS) is 14.9. The van der Waals surface area contributed by atoms with Crippen LogP contribution in [0.3, 0.4) is 0 Å². The summed E-state index contributed by atoms with van der Waals surface area (Å²) in [5, 5.41) is 3.63. The van der Waals surface area contributed by atoms with E-state index in [0.717, 1.165) is 31.2 Å². The maximum Gasteiger partial charge on any atom is 0.256 e. The maximum absolute atomic E-state index is 13.4. The van der Waals surface area contributed by atoms with Crippen molar-refractivity contribution < 1.29 is 13.2 Å². The summed E-state index contributed by atoms with van der Waals surface area (Å²) in [5.74, 6) is -0.505. The Labute approximate surface area is 216 Å². The van der Waals surface area contributed by atoms with E-state index >= 15 is 0 Å². The number of carbonyl (C=O) groups is 1. The van der Waals surface area contributed by atoms with Gasteiger partial charge < -0.3 is 9.88 Å². The van der Waals surface area contributed by atoms with Crippen LogP contribution in [-0.2, 0) is 23.0 Å². The van der Waals surface area contributed by atoms with Gasteiger partial charge in [-0.1, -0.05) is 42.7 Å². The van der Waals surface area contributed by atoms with Crippen LogP contribution in [0.25, 0.3) is 10.9 Å². The molecule has 4 rings (SSSR count). The van der Waals surface area contributed by atoms with Crippen LogP contribution in [0.4, 0.5) is 0 Å². The molecular formula is C27H30ClN3O4S. The lowest BCUT2D eigenvalue weighted by molar-refractivity contribution is 0.0952. The Morgan fingerprint density at radius 1 is 1.06 bits per heavy atom. The molecule has 0 atom stereocenters. The van der Waals surface area contributed by atoms with Crippen molar-refractivity contribution in [2.45, 2.75) is 43.5 Å². The van der Waals surface area contributed by atoms with Gasteiger partial charge >= 0.3 is 0 Å². The van der Waals surface area contributed by atoms with Gasteiger partial charge in [0.25, 0.3) is 5.91 Å². The number of nitrogens with one attached hydrogen (secondary N) is 1. The molecule has 3 aromatic rings. The summed E-state index contributed by atoms with van der Waals surface area (Å²) in [4.78, 5) is 26.4. The zero-order chi connectivity index (χ0) is 25.7. The number of fused-ring (bicyclic) bond motifs is 1. The Morgan fingerprint density at radius 3 is 2.42 bits per heavy atom. The number of hydrogen-bond donors (Lipinski definition) is 1. The Kier molecular flexibility index (Phi) is 8.28. The number of rotatable bonds is 8. The maximum atomic E-state index is 13.4. The van der Waals surface area contributed by atoms with Gasteiger partial charge in [-0.2, -0.15) is 4.31 Å². The van der Waals surface area contributed by atoms with Crippen molar-refractivity contribution in [2.24, 2.45) is 0 Å². The largest absolute Gasteiger partial charge is 0.352 e. The number of carbonyl (C=O) groups excluding carboxylic acids is 1. The second-order valence-electron chi connectivity index (χ2n) is 8.94. The molecule has 1 amide bonds. The molecule has 0 spiro atoms. The predicted octanol–water partition coefficient (Wildman–Crippen LogP) is 4.38. The van der Waals surface area contributed by atoms with E-state index in [0.29, 0.717) is 43.1 Å². The summed E-state index contributed by atoms with van der Waals surface area (Å²) in [6.45, 7) is 5.40. The first-order valence-electron chi connectivity index (χ1n) is 12.1. The van der Waals surface area contributed by atoms with Gasteiger partial charge in [0, 0.05) is 42.8 Å². The van der Waals surface area contributed by atoms with Crippen molar-refractivity contribution in [3.63, 3.8) is 0 Å². The van der Waals surface area contributed by atoms with Gasteiger partial charge in [0.1, 0.15) is 5.56 Å². The van der Waals surface area contributed by atoms with Crippen molar-refractivity contribution in [2.75, 3.05) is 19.6 Å². The van der Waals surface area contributed by atoms with Crippen molar-refractivity contribution in [1.82, 2.24) is 14.2 Å². The fraction of sp³-hybridized carbons (Fsp3) is 0.333. The van der Waals surface area contributed by atoms with Crippen molar-refractivity contribution >= 4 is 38.4 Å². The third-order valence-corrected chi connectivity index (χ3v) is 8.58. The second kappa shape index (κ2) is 11.4. The van der Waals surface area contributed by atoms with Gasteiger partial charge in [-0.05, 0) is 55.2 Å². The van der Waals surface area contributed by atoms with Crippen LogP contribution in [-0.4, -0.2) is 42.8 Å². The molecule has 190 valence electrons. The monoisotopic (exact) mass is 527 g/mol. The number of sulfonamides is 1. The molecule has 0 saturated carbocycles. The molecule has 1 saturated heterocycles. The molecule has 7 nitrogen and oxygen atoms in total. The molecule has 1 aliphatic heterocycles. The zero-order valence-electron chi connectivity index (χ0n) is 20.1. The highest BCUT2D eigenvalue weighted by atomic mass is 35.5. The van der Waals surface area contributed by atoms with Crippen LogP contribution in [0.15, 0.2) is 71.0 Å². The van der Waals surface area contributed by atoms with Crippen LogP contribution in [0.2, 0.25) is 5.02 Å². The predicted molar refractivity (Wildman–Crippen MR) is 143 cm³/mol. The lowest BCUT2D eigenvalue weighted by Crippen LogP contribution is -2.32. The Balaban J connectivity index is 1.65. The molecular weight excluding hydrogens is 498 g/mol. The smallest absolute Gasteiger partial charge is 0.256 e. The Morgan fingerprint density at radius 2 is 1.75 bits per heavy atom. The fourth-order valence-corrected chi connectivity index (χ4v) is 6.16. The van der Waals surface area contributed by atoms with E-state index in [1.54, 1.807) is 28.8 Å². The third-order valence-electron chi connectivity index (χ3n) is 6.44. The summed E-state index contributed by atoms with van der Waals surface area (Å²) < 4.78 is 29.9. The van der Waals surface area contributed by atoms with Gasteiger partial charge in [0.05, 0.1) is 10.4 Å². The van der Waals surface area contributed by atoms with E-state index in [2.05, 4.69) is 11.9 Å². The number of nitrogens with zero attached hydrogens (tertiary/aromatic N) is 2. The molecule has 0 aliphatic carbocycles. The van der Waals surface area contributed by atoms with Gasteiger partial charge in [-0.15, -0.1) is 6.58 Å². The Bertz CT molecular complexity index is 1420. The van der Waals surface area contributed by atoms with Crippen molar-refractivity contribution in [3.05, 3.63) is 87.7 Å². The van der Waals surface area contributed by atoms with E-state index in [1.165, 1.54) is 22.6 Å². The summed E-state index contributed by atoms with van der Waals surface area (Å²) in [6.07, 6.45) is 7.40. The third kappa shape index (κ3) is 5.72. The van der Waals surface area contributed by atoms with Crippen LogP contribution in [0.5, 0.6) is 0 Å². The first kappa shape index (κ1) is 26.1. The molecule has 1 fully saturated rings. The van der Waals surface area contributed by atoms with E-state index in [9.17, 15) is 18.0 Å². The highest BCUT2D eigenvalue weighted by Gasteiger charge is 2.26. The fourth-order valence-electron chi connectivity index (χ4n) is 4.49. The minimum Gasteiger partial charge on any atom is -0.352 e. The molecule has 2 heterocycles. The molecule has 0 bridgehead atoms. The lowest BCUT2D eigenvalue weighted by Gasteiger charge is -2.20. The lowest BCUT2D eigenvalue weighted by atomic mass is 10.1. The Hall–Kier alpha value is -2.94. The number of halogens is 1. The molecule has 9 heteroatoms. The molecule has 0 radical (unpaired) electrons.